The van der Waals surface area contributed by atoms with Gasteiger partial charge in [-0.3, -0.25) is 9.05 Å². The molecule has 0 aliphatic heterocycles. The molecular formula is C22H35O4P. The van der Waals surface area contributed by atoms with E-state index in [1.165, 1.54) is 77.0 Å². The zero-order chi connectivity index (χ0) is 18.3. The number of hydrogen-bond donors (Lipinski definition) is 1. The summed E-state index contributed by atoms with van der Waals surface area (Å²) in [6.45, 7) is 0.871. The minimum absolute atomic E-state index is 0.164. The van der Waals surface area contributed by atoms with Crippen LogP contribution >= 0.6 is 7.82 Å². The summed E-state index contributed by atoms with van der Waals surface area (Å²) < 4.78 is 24.0. The highest BCUT2D eigenvalue weighted by molar-refractivity contribution is 7.47. The lowest BCUT2D eigenvalue weighted by Crippen LogP contribution is -2.48. The summed E-state index contributed by atoms with van der Waals surface area (Å²) in [6.07, 6.45) is 15.5. The highest BCUT2D eigenvalue weighted by atomic mass is 31.2. The van der Waals surface area contributed by atoms with E-state index in [0.717, 1.165) is 35.5 Å². The van der Waals surface area contributed by atoms with Crippen LogP contribution in [0.4, 0.5) is 0 Å². The summed E-state index contributed by atoms with van der Waals surface area (Å²) in [4.78, 5) is 10.4. The maximum Gasteiger partial charge on any atom is 0.472 e. The standard InChI is InChI=1S/C22H35O4P/c23-27(24,25-13-21-7-15-1-16(8-21)3-17(2-15)9-21)26-14-22-10-18-4-19(11-22)6-20(5-18)12-22/h15-20H,1-14H2,(H,23,24). The molecule has 0 aromatic rings. The Hall–Kier alpha value is 0.110. The first kappa shape index (κ1) is 17.9. The molecule has 8 saturated carbocycles. The van der Waals surface area contributed by atoms with Crippen LogP contribution in [-0.2, 0) is 13.6 Å². The van der Waals surface area contributed by atoms with Crippen molar-refractivity contribution in [2.75, 3.05) is 13.2 Å². The van der Waals surface area contributed by atoms with Crippen molar-refractivity contribution in [2.24, 2.45) is 46.3 Å². The van der Waals surface area contributed by atoms with Gasteiger partial charge < -0.3 is 4.89 Å². The molecule has 0 amide bonds. The van der Waals surface area contributed by atoms with Crippen LogP contribution in [0.15, 0.2) is 0 Å². The quantitative estimate of drug-likeness (QED) is 0.600. The van der Waals surface area contributed by atoms with E-state index < -0.39 is 7.82 Å². The second-order valence-electron chi connectivity index (χ2n) is 11.9. The van der Waals surface area contributed by atoms with Gasteiger partial charge in [-0.2, -0.15) is 0 Å². The Morgan fingerprint density at radius 2 is 0.889 bits per heavy atom. The third kappa shape index (κ3) is 3.27. The summed E-state index contributed by atoms with van der Waals surface area (Å²) in [6, 6.07) is 0. The Morgan fingerprint density at radius 3 is 1.15 bits per heavy atom. The predicted octanol–water partition coefficient (Wildman–Crippen LogP) is 5.55. The third-order valence-electron chi connectivity index (χ3n) is 9.40. The molecule has 8 rings (SSSR count). The highest BCUT2D eigenvalue weighted by Gasteiger charge is 2.53. The van der Waals surface area contributed by atoms with Gasteiger partial charge in [-0.15, -0.1) is 0 Å². The summed E-state index contributed by atoms with van der Waals surface area (Å²) in [5.41, 5.74) is 0.328. The SMILES string of the molecule is O=P(O)(OCC12CC3CC(CC(C3)C1)C2)OCC12CC3CC(CC(C3)C1)C2. The summed E-state index contributed by atoms with van der Waals surface area (Å²) in [5, 5.41) is 0. The van der Waals surface area contributed by atoms with E-state index in [2.05, 4.69) is 0 Å². The topological polar surface area (TPSA) is 55.8 Å². The number of rotatable bonds is 6. The van der Waals surface area contributed by atoms with Crippen molar-refractivity contribution in [2.45, 2.75) is 77.0 Å². The largest absolute Gasteiger partial charge is 0.472 e. The van der Waals surface area contributed by atoms with Gasteiger partial charge in [0, 0.05) is 0 Å². The molecule has 152 valence electrons. The Kier molecular flexibility index (Phi) is 4.02. The van der Waals surface area contributed by atoms with Gasteiger partial charge in [0.15, 0.2) is 0 Å². The first-order valence-electron chi connectivity index (χ1n) is 11.5. The van der Waals surface area contributed by atoms with E-state index in [-0.39, 0.29) is 10.8 Å². The summed E-state index contributed by atoms with van der Waals surface area (Å²) in [5.74, 6) is 5.03. The molecule has 0 saturated heterocycles. The predicted molar refractivity (Wildman–Crippen MR) is 103 cm³/mol. The van der Waals surface area contributed by atoms with Crippen LogP contribution in [0.3, 0.4) is 0 Å². The Balaban J connectivity index is 1.08. The van der Waals surface area contributed by atoms with E-state index >= 15 is 0 Å². The minimum atomic E-state index is -3.94. The van der Waals surface area contributed by atoms with E-state index in [1.54, 1.807) is 0 Å². The van der Waals surface area contributed by atoms with E-state index in [9.17, 15) is 9.46 Å². The van der Waals surface area contributed by atoms with Gasteiger partial charge in [0.25, 0.3) is 0 Å². The van der Waals surface area contributed by atoms with E-state index in [1.807, 2.05) is 0 Å². The minimum Gasteiger partial charge on any atom is -0.302 e. The number of phosphoric acid groups is 1. The van der Waals surface area contributed by atoms with Crippen molar-refractivity contribution in [3.05, 3.63) is 0 Å². The second-order valence-corrected chi connectivity index (χ2v) is 13.3. The van der Waals surface area contributed by atoms with Crippen molar-refractivity contribution in [3.63, 3.8) is 0 Å². The molecule has 5 heteroatoms. The van der Waals surface area contributed by atoms with Gasteiger partial charge in [0.1, 0.15) is 0 Å². The second kappa shape index (κ2) is 6.06. The lowest BCUT2D eigenvalue weighted by Gasteiger charge is -2.57. The van der Waals surface area contributed by atoms with Gasteiger partial charge in [-0.25, -0.2) is 4.57 Å². The first-order valence-corrected chi connectivity index (χ1v) is 13.0. The van der Waals surface area contributed by atoms with Gasteiger partial charge >= 0.3 is 7.82 Å². The molecule has 0 spiro atoms. The molecule has 0 aromatic carbocycles. The molecular weight excluding hydrogens is 359 g/mol. The molecule has 0 atom stereocenters. The first-order chi connectivity index (χ1) is 12.9. The molecule has 8 aliphatic rings. The average molecular weight is 394 g/mol. The van der Waals surface area contributed by atoms with Crippen molar-refractivity contribution < 1.29 is 18.5 Å². The maximum atomic E-state index is 12.7. The molecule has 27 heavy (non-hydrogen) atoms. The summed E-state index contributed by atoms with van der Waals surface area (Å²) >= 11 is 0. The average Bonchev–Trinajstić information content (AvgIpc) is 2.57. The number of hydrogen-bond acceptors (Lipinski definition) is 3. The van der Waals surface area contributed by atoms with Crippen LogP contribution < -0.4 is 0 Å². The van der Waals surface area contributed by atoms with Gasteiger partial charge in [-0.05, 0) is 123 Å². The van der Waals surface area contributed by atoms with E-state index in [0.29, 0.717) is 13.2 Å². The molecule has 8 bridgehead atoms. The van der Waals surface area contributed by atoms with Crippen molar-refractivity contribution >= 4 is 7.82 Å². The Morgan fingerprint density at radius 1 is 0.630 bits per heavy atom. The van der Waals surface area contributed by atoms with Crippen LogP contribution in [-0.4, -0.2) is 18.1 Å². The van der Waals surface area contributed by atoms with Gasteiger partial charge in [0.2, 0.25) is 0 Å². The third-order valence-corrected chi connectivity index (χ3v) is 10.3. The van der Waals surface area contributed by atoms with Gasteiger partial charge in [0.05, 0.1) is 13.2 Å². The van der Waals surface area contributed by atoms with Gasteiger partial charge in [-0.1, -0.05) is 0 Å². The molecule has 4 nitrogen and oxygen atoms in total. The fourth-order valence-electron chi connectivity index (χ4n) is 9.41. The van der Waals surface area contributed by atoms with Crippen LogP contribution in [0, 0.1) is 46.3 Å². The van der Waals surface area contributed by atoms with Crippen molar-refractivity contribution in [1.82, 2.24) is 0 Å². The fraction of sp³-hybridized carbons (Fsp3) is 1.00. The Labute approximate surface area is 163 Å². The maximum absolute atomic E-state index is 12.7. The lowest BCUT2D eigenvalue weighted by molar-refractivity contribution is -0.0913. The lowest BCUT2D eigenvalue weighted by atomic mass is 9.50. The normalized spacial score (nSPS) is 54.4. The molecule has 8 aliphatic carbocycles. The molecule has 0 heterocycles. The molecule has 8 fully saturated rings. The van der Waals surface area contributed by atoms with Crippen molar-refractivity contribution in [3.8, 4) is 0 Å². The molecule has 0 radical (unpaired) electrons. The molecule has 0 aromatic heterocycles. The van der Waals surface area contributed by atoms with Crippen LogP contribution in [0.2, 0.25) is 0 Å². The molecule has 1 N–H and O–H groups in total. The summed E-state index contributed by atoms with van der Waals surface area (Å²) in [7, 11) is -3.94. The zero-order valence-electron chi connectivity index (χ0n) is 16.5. The van der Waals surface area contributed by atoms with Crippen LogP contribution in [0.5, 0.6) is 0 Å². The van der Waals surface area contributed by atoms with E-state index in [4.69, 9.17) is 9.05 Å². The fourth-order valence-corrected chi connectivity index (χ4v) is 10.4. The monoisotopic (exact) mass is 394 g/mol. The van der Waals surface area contributed by atoms with Crippen LogP contribution in [0.25, 0.3) is 0 Å². The zero-order valence-corrected chi connectivity index (χ0v) is 17.4. The smallest absolute Gasteiger partial charge is 0.302 e. The number of phosphoric ester groups is 1. The highest BCUT2D eigenvalue weighted by Crippen LogP contribution is 2.63. The van der Waals surface area contributed by atoms with Crippen LogP contribution in [0.1, 0.15) is 77.0 Å². The Bertz CT molecular complexity index is 536. The van der Waals surface area contributed by atoms with Crippen molar-refractivity contribution in [1.29, 1.82) is 0 Å². The molecule has 0 unspecified atom stereocenters.